The number of aryl methyl sites for hydroxylation is 1. The first-order valence-electron chi connectivity index (χ1n) is 8.56. The minimum absolute atomic E-state index is 0.0196. The molecule has 0 saturated heterocycles. The van der Waals surface area contributed by atoms with E-state index in [0.717, 1.165) is 12.3 Å². The zero-order chi connectivity index (χ0) is 21.6. The third kappa shape index (κ3) is 3.61. The van der Waals surface area contributed by atoms with Crippen molar-refractivity contribution in [3.8, 4) is 17.3 Å². The summed E-state index contributed by atoms with van der Waals surface area (Å²) in [4.78, 5) is 16.9. The van der Waals surface area contributed by atoms with Crippen molar-refractivity contribution in [3.63, 3.8) is 0 Å². The topological polar surface area (TPSA) is 97.4 Å². The molecule has 0 saturated carbocycles. The molecule has 156 valence electrons. The molecule has 0 amide bonds. The number of aromatic nitrogens is 7. The second-order valence-electron chi connectivity index (χ2n) is 6.17. The first-order valence-corrected chi connectivity index (χ1v) is 10.3. The molecule has 0 spiro atoms. The highest BCUT2D eigenvalue weighted by atomic mass is 35.5. The molecule has 0 aliphatic heterocycles. The van der Waals surface area contributed by atoms with Gasteiger partial charge < -0.3 is 9.12 Å². The van der Waals surface area contributed by atoms with Crippen LogP contribution >= 0.6 is 11.6 Å². The lowest BCUT2D eigenvalue weighted by Crippen LogP contribution is -2.11. The summed E-state index contributed by atoms with van der Waals surface area (Å²) in [6, 6.07) is 4.13. The van der Waals surface area contributed by atoms with Gasteiger partial charge in [-0.2, -0.15) is 13.2 Å². The van der Waals surface area contributed by atoms with Crippen molar-refractivity contribution in [1.29, 1.82) is 0 Å². The van der Waals surface area contributed by atoms with Gasteiger partial charge in [0.2, 0.25) is 5.28 Å². The number of fused-ring (bicyclic) bond motifs is 1. The van der Waals surface area contributed by atoms with Crippen LogP contribution in [-0.4, -0.2) is 44.6 Å². The van der Waals surface area contributed by atoms with Crippen LogP contribution in [0.5, 0.6) is 0 Å². The third-order valence-corrected chi connectivity index (χ3v) is 5.82. The van der Waals surface area contributed by atoms with E-state index in [0.29, 0.717) is 16.5 Å². The fraction of sp³-hybridized carbons (Fsp3) is 0.235. The van der Waals surface area contributed by atoms with Gasteiger partial charge in [-0.1, -0.05) is 0 Å². The van der Waals surface area contributed by atoms with Gasteiger partial charge in [0, 0.05) is 13.2 Å². The predicted octanol–water partition coefficient (Wildman–Crippen LogP) is 3.41. The van der Waals surface area contributed by atoms with E-state index in [2.05, 4.69) is 25.0 Å². The van der Waals surface area contributed by atoms with E-state index in [9.17, 15) is 17.7 Å². The lowest BCUT2D eigenvalue weighted by Gasteiger charge is -2.13. The standard InChI is InChI=1S/C17H13ClF3N7OS/c1-3-30(29)11-4-5-12(28-8-23-16(18)26-28)25-13(11)15-24-10-6-9(17(19,20)21)7-22-14(10)27(15)2/h4-8H,3H2,1-2H3. The Hall–Kier alpha value is -2.70. The maximum absolute atomic E-state index is 13.1. The molecule has 13 heteroatoms. The molecule has 4 aromatic heterocycles. The molecule has 0 aromatic carbocycles. The van der Waals surface area contributed by atoms with E-state index in [1.807, 2.05) is 0 Å². The highest BCUT2D eigenvalue weighted by Crippen LogP contribution is 2.33. The van der Waals surface area contributed by atoms with E-state index in [1.54, 1.807) is 26.1 Å². The van der Waals surface area contributed by atoms with Gasteiger partial charge in [0.05, 0.1) is 5.56 Å². The monoisotopic (exact) mass is 455 g/mol. The highest BCUT2D eigenvalue weighted by Gasteiger charge is 2.32. The average Bonchev–Trinajstić information content (AvgIpc) is 3.29. The molecule has 4 heterocycles. The van der Waals surface area contributed by atoms with Gasteiger partial charge in [0.25, 0.3) is 0 Å². The molecule has 1 unspecified atom stereocenters. The fourth-order valence-electron chi connectivity index (χ4n) is 2.86. The number of halogens is 4. The van der Waals surface area contributed by atoms with Crippen molar-refractivity contribution in [2.75, 3.05) is 5.75 Å². The van der Waals surface area contributed by atoms with Gasteiger partial charge in [-0.3, -0.25) is 0 Å². The first-order chi connectivity index (χ1) is 14.2. The molecule has 8 nitrogen and oxygen atoms in total. The average molecular weight is 456 g/mol. The Bertz CT molecular complexity index is 1240. The number of imidazole rings is 1. The highest BCUT2D eigenvalue weighted by molar-refractivity contribution is 7.91. The lowest BCUT2D eigenvalue weighted by atomic mass is 10.2. The van der Waals surface area contributed by atoms with Crippen LogP contribution in [0.4, 0.5) is 13.2 Å². The van der Waals surface area contributed by atoms with E-state index in [1.165, 1.54) is 15.6 Å². The molecule has 30 heavy (non-hydrogen) atoms. The number of alkyl halides is 3. The summed E-state index contributed by atoms with van der Waals surface area (Å²) in [7, 11) is 1.60. The quantitative estimate of drug-likeness (QED) is 0.437. The van der Waals surface area contributed by atoms with E-state index in [4.69, 9.17) is 11.6 Å². The molecule has 0 aliphatic carbocycles. The molecule has 4 aromatic rings. The van der Waals surface area contributed by atoms with Crippen molar-refractivity contribution in [2.24, 2.45) is 7.05 Å². The molecule has 0 fully saturated rings. The van der Waals surface area contributed by atoms with Gasteiger partial charge in [0.1, 0.15) is 17.6 Å². The summed E-state index contributed by atoms with van der Waals surface area (Å²) in [6.07, 6.45) is -2.44. The Balaban J connectivity index is 1.93. The molecule has 4 rings (SSSR count). The van der Waals surface area contributed by atoms with E-state index < -0.39 is 22.9 Å². The van der Waals surface area contributed by atoms with Crippen molar-refractivity contribution in [2.45, 2.75) is 18.0 Å². The number of hydrogen-bond donors (Lipinski definition) is 0. The zero-order valence-electron chi connectivity index (χ0n) is 15.6. The summed E-state index contributed by atoms with van der Waals surface area (Å²) < 4.78 is 54.6. The Morgan fingerprint density at radius 3 is 2.60 bits per heavy atom. The van der Waals surface area contributed by atoms with Gasteiger partial charge in [-0.25, -0.2) is 24.6 Å². The summed E-state index contributed by atoms with van der Waals surface area (Å²) in [6.45, 7) is 1.75. The Kier molecular flexibility index (Phi) is 5.16. The smallest absolute Gasteiger partial charge is 0.417 e. The normalized spacial score (nSPS) is 13.2. The summed E-state index contributed by atoms with van der Waals surface area (Å²) in [5, 5.41) is 4.00. The summed E-state index contributed by atoms with van der Waals surface area (Å²) in [5.74, 6) is 0.878. The number of nitrogens with zero attached hydrogens (tertiary/aromatic N) is 7. The van der Waals surface area contributed by atoms with Gasteiger partial charge in [0.15, 0.2) is 27.9 Å². The van der Waals surface area contributed by atoms with Crippen LogP contribution in [0.3, 0.4) is 0 Å². The summed E-state index contributed by atoms with van der Waals surface area (Å²) >= 11 is 4.37. The third-order valence-electron chi connectivity index (χ3n) is 4.30. The largest absolute Gasteiger partial charge is 0.611 e. The molecule has 0 radical (unpaired) electrons. The van der Waals surface area contributed by atoms with E-state index >= 15 is 0 Å². The van der Waals surface area contributed by atoms with Gasteiger partial charge >= 0.3 is 6.18 Å². The predicted molar refractivity (Wildman–Crippen MR) is 104 cm³/mol. The number of hydrogen-bond acceptors (Lipinski definition) is 6. The van der Waals surface area contributed by atoms with Crippen molar-refractivity contribution < 1.29 is 17.7 Å². The lowest BCUT2D eigenvalue weighted by molar-refractivity contribution is -0.137. The van der Waals surface area contributed by atoms with Crippen LogP contribution in [-0.2, 0) is 24.4 Å². The van der Waals surface area contributed by atoms with Crippen molar-refractivity contribution >= 4 is 33.9 Å². The first kappa shape index (κ1) is 20.6. The molecule has 0 aliphatic rings. The van der Waals surface area contributed by atoms with Crippen LogP contribution in [0.1, 0.15) is 12.5 Å². The second kappa shape index (κ2) is 7.52. The Morgan fingerprint density at radius 2 is 1.97 bits per heavy atom. The maximum atomic E-state index is 13.1. The van der Waals surface area contributed by atoms with Gasteiger partial charge in [-0.15, -0.1) is 5.10 Å². The Morgan fingerprint density at radius 1 is 1.20 bits per heavy atom. The molecule has 0 N–H and O–H groups in total. The number of pyridine rings is 2. The molecular weight excluding hydrogens is 443 g/mol. The Labute approximate surface area is 175 Å². The maximum Gasteiger partial charge on any atom is 0.417 e. The van der Waals surface area contributed by atoms with Crippen LogP contribution in [0.15, 0.2) is 35.6 Å². The fourth-order valence-corrected chi connectivity index (χ4v) is 3.87. The molecule has 0 bridgehead atoms. The zero-order valence-corrected chi connectivity index (χ0v) is 17.1. The second-order valence-corrected chi connectivity index (χ2v) is 8.21. The summed E-state index contributed by atoms with van der Waals surface area (Å²) in [5.41, 5.74) is -0.377. The van der Waals surface area contributed by atoms with Crippen molar-refractivity contribution in [1.82, 2.24) is 34.3 Å². The van der Waals surface area contributed by atoms with Gasteiger partial charge in [-0.05, 0) is 47.9 Å². The van der Waals surface area contributed by atoms with Crippen molar-refractivity contribution in [3.05, 3.63) is 41.6 Å². The van der Waals surface area contributed by atoms with Crippen LogP contribution in [0.25, 0.3) is 28.5 Å². The molecule has 1 atom stereocenters. The SMILES string of the molecule is CC[S+]([O-])c1ccc(-n2cnc(Cl)n2)nc1-c1nc2cc(C(F)(F)F)cnc2n1C. The van der Waals surface area contributed by atoms with Crippen LogP contribution in [0.2, 0.25) is 5.28 Å². The number of rotatable bonds is 4. The minimum atomic E-state index is -4.54. The van der Waals surface area contributed by atoms with Crippen LogP contribution in [0, 0.1) is 0 Å². The van der Waals surface area contributed by atoms with E-state index in [-0.39, 0.29) is 28.0 Å². The van der Waals surface area contributed by atoms with Crippen LogP contribution < -0.4 is 0 Å². The molecular formula is C17H13ClF3N7OS. The minimum Gasteiger partial charge on any atom is -0.611 e.